The third kappa shape index (κ3) is 5.42. The Morgan fingerprint density at radius 2 is 1.50 bits per heavy atom. The number of nitrogens with zero attached hydrogens (tertiary/aromatic N) is 1. The minimum Gasteiger partial charge on any atom is -0.347 e. The van der Waals surface area contributed by atoms with Crippen molar-refractivity contribution in [2.24, 2.45) is 11.8 Å². The maximum Gasteiger partial charge on any atom is 0.191 e. The Balaban J connectivity index is 3.96. The van der Waals surface area contributed by atoms with Gasteiger partial charge in [0, 0.05) is 13.1 Å². The summed E-state index contributed by atoms with van der Waals surface area (Å²) in [5.74, 6) is 1.12. The summed E-state index contributed by atoms with van der Waals surface area (Å²) in [6, 6.07) is 0. The van der Waals surface area contributed by atoms with Crippen LogP contribution < -0.4 is 0 Å². The zero-order chi connectivity index (χ0) is 9.72. The molecule has 0 saturated carbocycles. The second-order valence-electron chi connectivity index (χ2n) is 3.98. The lowest BCUT2D eigenvalue weighted by atomic mass is 10.1. The second kappa shape index (κ2) is 5.41. The van der Waals surface area contributed by atoms with Crippen LogP contribution in [0.25, 0.3) is 0 Å². The highest BCUT2D eigenvalue weighted by molar-refractivity contribution is 6.63. The van der Waals surface area contributed by atoms with Crippen LogP contribution in [0.1, 0.15) is 27.7 Å². The number of nitrogens with one attached hydrogen (secondary N) is 1. The summed E-state index contributed by atoms with van der Waals surface area (Å²) in [6.45, 7) is 10.3. The first-order chi connectivity index (χ1) is 5.43. The normalized spacial score (nSPS) is 10.9. The van der Waals surface area contributed by atoms with E-state index in [1.807, 2.05) is 4.90 Å². The number of rotatable bonds is 4. The van der Waals surface area contributed by atoms with Gasteiger partial charge in [-0.15, -0.1) is 0 Å². The lowest BCUT2D eigenvalue weighted by Gasteiger charge is -2.25. The summed E-state index contributed by atoms with van der Waals surface area (Å²) in [4.78, 5) is 1.91. The quantitative estimate of drug-likeness (QED) is 0.412. The Bertz CT molecular complexity index is 133. The van der Waals surface area contributed by atoms with E-state index < -0.39 is 0 Å². The molecule has 0 aliphatic carbocycles. The smallest absolute Gasteiger partial charge is 0.191 e. The first-order valence-corrected chi connectivity index (χ1v) is 4.80. The molecule has 0 unspecified atom stereocenters. The highest BCUT2D eigenvalue weighted by atomic mass is 35.5. The van der Waals surface area contributed by atoms with Crippen LogP contribution in [0.3, 0.4) is 0 Å². The molecular weight excluding hydrogens is 172 g/mol. The molecule has 0 aromatic heterocycles. The molecule has 0 aliphatic rings. The van der Waals surface area contributed by atoms with Crippen LogP contribution in [0.2, 0.25) is 0 Å². The van der Waals surface area contributed by atoms with Gasteiger partial charge in [-0.1, -0.05) is 27.7 Å². The van der Waals surface area contributed by atoms with Crippen molar-refractivity contribution in [3.8, 4) is 0 Å². The van der Waals surface area contributed by atoms with Gasteiger partial charge in [-0.05, 0) is 23.4 Å². The first-order valence-electron chi connectivity index (χ1n) is 4.42. The molecule has 0 aromatic carbocycles. The van der Waals surface area contributed by atoms with E-state index in [9.17, 15) is 0 Å². The van der Waals surface area contributed by atoms with E-state index in [0.29, 0.717) is 11.8 Å². The van der Waals surface area contributed by atoms with Crippen molar-refractivity contribution in [2.45, 2.75) is 27.7 Å². The molecule has 0 saturated heterocycles. The van der Waals surface area contributed by atoms with E-state index in [4.69, 9.17) is 17.0 Å². The van der Waals surface area contributed by atoms with E-state index in [1.54, 1.807) is 0 Å². The monoisotopic (exact) mass is 190 g/mol. The Hall–Kier alpha value is -0.240. The molecule has 0 aromatic rings. The molecule has 2 nitrogen and oxygen atoms in total. The predicted octanol–water partition coefficient (Wildman–Crippen LogP) is 2.77. The third-order valence-corrected chi connectivity index (χ3v) is 1.69. The molecule has 3 heteroatoms. The zero-order valence-corrected chi connectivity index (χ0v) is 9.15. The summed E-state index contributed by atoms with van der Waals surface area (Å²) in [5.41, 5.74) is 0. The summed E-state index contributed by atoms with van der Waals surface area (Å²) in [6.07, 6.45) is 0. The fraction of sp³-hybridized carbons (Fsp3) is 0.889. The average Bonchev–Trinajstić information content (AvgIpc) is 1.83. The Morgan fingerprint density at radius 3 is 1.67 bits per heavy atom. The fourth-order valence-corrected chi connectivity index (χ4v) is 1.25. The summed E-state index contributed by atoms with van der Waals surface area (Å²) in [5, 5.41) is 7.49. The van der Waals surface area contributed by atoms with Crippen molar-refractivity contribution in [3.63, 3.8) is 0 Å². The topological polar surface area (TPSA) is 27.1 Å². The number of hydrogen-bond acceptors (Lipinski definition) is 1. The molecule has 0 radical (unpaired) electrons. The van der Waals surface area contributed by atoms with Crippen LogP contribution >= 0.6 is 11.6 Å². The Morgan fingerprint density at radius 1 is 1.17 bits per heavy atom. The molecule has 0 rings (SSSR count). The molecule has 0 amide bonds. The van der Waals surface area contributed by atoms with Crippen molar-refractivity contribution in [3.05, 3.63) is 0 Å². The molecule has 0 aliphatic heterocycles. The highest BCUT2D eigenvalue weighted by Crippen LogP contribution is 2.05. The molecular formula is C9H19ClN2. The maximum atomic E-state index is 7.33. The molecule has 0 bridgehead atoms. The molecule has 1 N–H and O–H groups in total. The third-order valence-electron chi connectivity index (χ3n) is 1.45. The van der Waals surface area contributed by atoms with Gasteiger partial charge in [-0.2, -0.15) is 0 Å². The van der Waals surface area contributed by atoms with Crippen molar-refractivity contribution >= 4 is 16.9 Å². The van der Waals surface area contributed by atoms with E-state index in [-0.39, 0.29) is 5.29 Å². The van der Waals surface area contributed by atoms with Crippen LogP contribution in [0, 0.1) is 17.2 Å². The number of amidine groups is 1. The van der Waals surface area contributed by atoms with Crippen LogP contribution in [-0.4, -0.2) is 23.3 Å². The Labute approximate surface area is 80.4 Å². The lowest BCUT2D eigenvalue weighted by Crippen LogP contribution is -2.33. The van der Waals surface area contributed by atoms with Gasteiger partial charge in [0.25, 0.3) is 0 Å². The Kier molecular flexibility index (Phi) is 5.31. The summed E-state index contributed by atoms with van der Waals surface area (Å²) >= 11 is 5.64. The molecule has 0 spiro atoms. The van der Waals surface area contributed by atoms with Crippen LogP contribution in [0.15, 0.2) is 0 Å². The van der Waals surface area contributed by atoms with E-state index in [1.165, 1.54) is 0 Å². The first kappa shape index (κ1) is 11.8. The van der Waals surface area contributed by atoms with Crippen LogP contribution in [0.4, 0.5) is 0 Å². The van der Waals surface area contributed by atoms with Crippen molar-refractivity contribution in [2.75, 3.05) is 13.1 Å². The molecule has 12 heavy (non-hydrogen) atoms. The van der Waals surface area contributed by atoms with Crippen LogP contribution in [-0.2, 0) is 0 Å². The number of halogens is 1. The molecule has 0 fully saturated rings. The van der Waals surface area contributed by atoms with Gasteiger partial charge in [-0.3, -0.25) is 5.41 Å². The SMILES string of the molecule is CC(C)CN(CC(C)C)C(=N)Cl. The van der Waals surface area contributed by atoms with E-state index in [2.05, 4.69) is 27.7 Å². The largest absolute Gasteiger partial charge is 0.347 e. The van der Waals surface area contributed by atoms with Gasteiger partial charge < -0.3 is 4.90 Å². The molecule has 0 atom stereocenters. The van der Waals surface area contributed by atoms with Crippen molar-refractivity contribution in [1.29, 1.82) is 5.41 Å². The van der Waals surface area contributed by atoms with Gasteiger partial charge in [0.15, 0.2) is 5.29 Å². The summed E-state index contributed by atoms with van der Waals surface area (Å²) in [7, 11) is 0. The van der Waals surface area contributed by atoms with Gasteiger partial charge in [0.05, 0.1) is 0 Å². The second-order valence-corrected chi connectivity index (χ2v) is 4.34. The van der Waals surface area contributed by atoms with Crippen LogP contribution in [0.5, 0.6) is 0 Å². The van der Waals surface area contributed by atoms with Crippen molar-refractivity contribution in [1.82, 2.24) is 4.90 Å². The number of hydrogen-bond donors (Lipinski definition) is 1. The highest BCUT2D eigenvalue weighted by Gasteiger charge is 2.10. The molecule has 0 heterocycles. The minimum atomic E-state index is 0.164. The van der Waals surface area contributed by atoms with Gasteiger partial charge in [-0.25, -0.2) is 0 Å². The predicted molar refractivity (Wildman–Crippen MR) is 54.8 cm³/mol. The average molecular weight is 191 g/mol. The summed E-state index contributed by atoms with van der Waals surface area (Å²) < 4.78 is 0. The van der Waals surface area contributed by atoms with Crippen molar-refractivity contribution < 1.29 is 0 Å². The van der Waals surface area contributed by atoms with Gasteiger partial charge in [0.2, 0.25) is 0 Å². The standard InChI is InChI=1S/C9H19ClN2/c1-7(2)5-12(9(10)11)6-8(3)4/h7-8,11H,5-6H2,1-4H3. The fourth-order valence-electron chi connectivity index (χ4n) is 1.12. The van der Waals surface area contributed by atoms with E-state index >= 15 is 0 Å². The lowest BCUT2D eigenvalue weighted by molar-refractivity contribution is 0.331. The van der Waals surface area contributed by atoms with Gasteiger partial charge >= 0.3 is 0 Å². The minimum absolute atomic E-state index is 0.164. The zero-order valence-electron chi connectivity index (χ0n) is 8.39. The van der Waals surface area contributed by atoms with Gasteiger partial charge in [0.1, 0.15) is 0 Å². The van der Waals surface area contributed by atoms with E-state index in [0.717, 1.165) is 13.1 Å². The maximum absolute atomic E-state index is 7.33. The molecule has 72 valence electrons.